The number of methoxy groups -OCH3 is 1. The molecule has 1 saturated heterocycles. The molecule has 1 aromatic heterocycles. The second kappa shape index (κ2) is 7.11. The lowest BCUT2D eigenvalue weighted by Gasteiger charge is -2.26. The molecule has 6 nitrogen and oxygen atoms in total. The first kappa shape index (κ1) is 17.1. The van der Waals surface area contributed by atoms with Gasteiger partial charge in [0.2, 0.25) is 5.91 Å². The largest absolute Gasteiger partial charge is 0.497 e. The SMILES string of the molecule is COc1ccc(-n2cccn2)c(CN(C)[C@H]2C[C@H]3CC(=O)NC[C@H]3C2)c1. The molecule has 2 aromatic rings. The van der Waals surface area contributed by atoms with Crippen molar-refractivity contribution in [1.29, 1.82) is 0 Å². The first-order chi connectivity index (χ1) is 12.6. The van der Waals surface area contributed by atoms with E-state index >= 15 is 0 Å². The summed E-state index contributed by atoms with van der Waals surface area (Å²) in [6.07, 6.45) is 6.71. The number of benzene rings is 1. The number of hydrogen-bond acceptors (Lipinski definition) is 4. The maximum atomic E-state index is 11.7. The van der Waals surface area contributed by atoms with Gasteiger partial charge >= 0.3 is 0 Å². The quantitative estimate of drug-likeness (QED) is 0.895. The number of aromatic nitrogens is 2. The van der Waals surface area contributed by atoms with Crippen LogP contribution in [0.4, 0.5) is 0 Å². The van der Waals surface area contributed by atoms with Gasteiger partial charge in [-0.1, -0.05) is 0 Å². The number of nitrogens with zero attached hydrogens (tertiary/aromatic N) is 3. The van der Waals surface area contributed by atoms with E-state index in [1.165, 1.54) is 5.56 Å². The molecule has 1 amide bonds. The Morgan fingerprint density at radius 3 is 2.96 bits per heavy atom. The molecular weight excluding hydrogens is 328 g/mol. The fourth-order valence-electron chi connectivity index (χ4n) is 4.44. The third kappa shape index (κ3) is 3.33. The lowest BCUT2D eigenvalue weighted by molar-refractivity contribution is -0.124. The van der Waals surface area contributed by atoms with Crippen LogP contribution >= 0.6 is 0 Å². The van der Waals surface area contributed by atoms with Crippen LogP contribution < -0.4 is 10.1 Å². The molecule has 6 heteroatoms. The minimum Gasteiger partial charge on any atom is -0.497 e. The minimum absolute atomic E-state index is 0.211. The Kier molecular flexibility index (Phi) is 4.68. The first-order valence-corrected chi connectivity index (χ1v) is 9.28. The number of rotatable bonds is 5. The van der Waals surface area contributed by atoms with Crippen molar-refractivity contribution in [3.8, 4) is 11.4 Å². The topological polar surface area (TPSA) is 59.4 Å². The summed E-state index contributed by atoms with van der Waals surface area (Å²) < 4.78 is 7.33. The van der Waals surface area contributed by atoms with E-state index in [4.69, 9.17) is 4.74 Å². The third-order valence-corrected chi connectivity index (χ3v) is 5.91. The smallest absolute Gasteiger partial charge is 0.220 e. The summed E-state index contributed by atoms with van der Waals surface area (Å²) in [6, 6.07) is 8.58. The van der Waals surface area contributed by atoms with Crippen molar-refractivity contribution < 1.29 is 9.53 Å². The summed E-state index contributed by atoms with van der Waals surface area (Å²) in [5, 5.41) is 7.41. The monoisotopic (exact) mass is 354 g/mol. The summed E-state index contributed by atoms with van der Waals surface area (Å²) in [5.74, 6) is 2.23. The van der Waals surface area contributed by atoms with Gasteiger partial charge in [0.25, 0.3) is 0 Å². The van der Waals surface area contributed by atoms with E-state index in [1.54, 1.807) is 13.3 Å². The molecule has 138 valence electrons. The lowest BCUT2D eigenvalue weighted by atomic mass is 9.89. The van der Waals surface area contributed by atoms with Gasteiger partial charge in [-0.15, -0.1) is 0 Å². The number of carbonyl (C=O) groups excluding carboxylic acids is 1. The van der Waals surface area contributed by atoms with Gasteiger partial charge in [0.05, 0.1) is 12.8 Å². The van der Waals surface area contributed by atoms with Crippen LogP contribution in [0.15, 0.2) is 36.7 Å². The van der Waals surface area contributed by atoms with E-state index < -0.39 is 0 Å². The van der Waals surface area contributed by atoms with E-state index in [0.717, 1.165) is 37.4 Å². The van der Waals surface area contributed by atoms with Crippen molar-refractivity contribution in [3.63, 3.8) is 0 Å². The van der Waals surface area contributed by atoms with Crippen molar-refractivity contribution in [2.24, 2.45) is 11.8 Å². The van der Waals surface area contributed by atoms with E-state index in [9.17, 15) is 4.79 Å². The number of hydrogen-bond donors (Lipinski definition) is 1. The molecule has 2 heterocycles. The van der Waals surface area contributed by atoms with Crippen LogP contribution in [0.5, 0.6) is 5.75 Å². The zero-order valence-electron chi connectivity index (χ0n) is 15.4. The summed E-state index contributed by atoms with van der Waals surface area (Å²) in [7, 11) is 3.88. The molecule has 1 aliphatic heterocycles. The van der Waals surface area contributed by atoms with Gasteiger partial charge in [-0.3, -0.25) is 9.69 Å². The highest BCUT2D eigenvalue weighted by atomic mass is 16.5. The summed E-state index contributed by atoms with van der Waals surface area (Å²) in [4.78, 5) is 14.1. The van der Waals surface area contributed by atoms with Crippen molar-refractivity contribution >= 4 is 5.91 Å². The molecule has 2 aliphatic rings. The predicted molar refractivity (Wildman–Crippen MR) is 99.2 cm³/mol. The second-order valence-electron chi connectivity index (χ2n) is 7.51. The van der Waals surface area contributed by atoms with Crippen molar-refractivity contribution in [2.75, 3.05) is 20.7 Å². The molecule has 0 unspecified atom stereocenters. The molecular formula is C20H26N4O2. The fourth-order valence-corrected chi connectivity index (χ4v) is 4.44. The van der Waals surface area contributed by atoms with Gasteiger partial charge in [-0.25, -0.2) is 4.68 Å². The van der Waals surface area contributed by atoms with Crippen LogP contribution in [0, 0.1) is 11.8 Å². The van der Waals surface area contributed by atoms with Crippen molar-refractivity contribution in [2.45, 2.75) is 31.8 Å². The minimum atomic E-state index is 0.211. The lowest BCUT2D eigenvalue weighted by Crippen LogP contribution is -2.38. The van der Waals surface area contributed by atoms with Gasteiger partial charge in [0.15, 0.2) is 0 Å². The summed E-state index contributed by atoms with van der Waals surface area (Å²) >= 11 is 0. The average Bonchev–Trinajstić information content (AvgIpc) is 3.30. The number of piperidine rings is 1. The highest BCUT2D eigenvalue weighted by Crippen LogP contribution is 2.38. The Morgan fingerprint density at radius 1 is 1.35 bits per heavy atom. The normalized spacial score (nSPS) is 25.2. The Morgan fingerprint density at radius 2 is 2.19 bits per heavy atom. The molecule has 1 N–H and O–H groups in total. The van der Waals surface area contributed by atoms with E-state index in [2.05, 4.69) is 34.5 Å². The molecule has 26 heavy (non-hydrogen) atoms. The molecule has 1 aromatic carbocycles. The Bertz CT molecular complexity index is 774. The van der Waals surface area contributed by atoms with Gasteiger partial charge in [-0.2, -0.15) is 5.10 Å². The summed E-state index contributed by atoms with van der Waals surface area (Å²) in [5.41, 5.74) is 2.27. The van der Waals surface area contributed by atoms with Gasteiger partial charge in [0, 0.05) is 37.9 Å². The van der Waals surface area contributed by atoms with Crippen LogP contribution in [-0.4, -0.2) is 47.3 Å². The van der Waals surface area contributed by atoms with Gasteiger partial charge in [0.1, 0.15) is 5.75 Å². The molecule has 1 saturated carbocycles. The first-order valence-electron chi connectivity index (χ1n) is 9.28. The van der Waals surface area contributed by atoms with E-state index in [-0.39, 0.29) is 5.91 Å². The number of carbonyl (C=O) groups is 1. The molecule has 1 aliphatic carbocycles. The van der Waals surface area contributed by atoms with Crippen LogP contribution in [0.25, 0.3) is 5.69 Å². The Balaban J connectivity index is 1.52. The molecule has 3 atom stereocenters. The van der Waals surface area contributed by atoms with Gasteiger partial charge in [-0.05, 0) is 61.6 Å². The van der Waals surface area contributed by atoms with Crippen LogP contribution in [0.2, 0.25) is 0 Å². The zero-order chi connectivity index (χ0) is 18.1. The van der Waals surface area contributed by atoms with Crippen LogP contribution in [-0.2, 0) is 11.3 Å². The average molecular weight is 354 g/mol. The van der Waals surface area contributed by atoms with Gasteiger partial charge < -0.3 is 10.1 Å². The van der Waals surface area contributed by atoms with Crippen LogP contribution in [0.3, 0.4) is 0 Å². The number of fused-ring (bicyclic) bond motifs is 1. The standard InChI is InChI=1S/C20H26N4O2/c1-23(17-8-14-11-20(25)21-12-15(14)9-17)13-16-10-18(26-2)4-5-19(16)24-7-3-6-22-24/h3-7,10,14-15,17H,8-9,11-13H2,1-2H3,(H,21,25)/t14-,15+,17-/m0/s1. The number of ether oxygens (including phenoxy) is 1. The fraction of sp³-hybridized carbons (Fsp3) is 0.500. The molecule has 0 radical (unpaired) electrons. The predicted octanol–water partition coefficient (Wildman–Crippen LogP) is 2.23. The third-order valence-electron chi connectivity index (χ3n) is 5.91. The molecule has 4 rings (SSSR count). The molecule has 2 fully saturated rings. The second-order valence-corrected chi connectivity index (χ2v) is 7.51. The zero-order valence-corrected chi connectivity index (χ0v) is 15.4. The van der Waals surface area contributed by atoms with E-state index in [1.807, 2.05) is 23.0 Å². The Labute approximate surface area is 154 Å². The molecule has 0 bridgehead atoms. The summed E-state index contributed by atoms with van der Waals surface area (Å²) in [6.45, 7) is 1.67. The maximum absolute atomic E-state index is 11.7. The maximum Gasteiger partial charge on any atom is 0.220 e. The van der Waals surface area contributed by atoms with Crippen molar-refractivity contribution in [1.82, 2.24) is 20.0 Å². The van der Waals surface area contributed by atoms with Crippen LogP contribution in [0.1, 0.15) is 24.8 Å². The number of amides is 1. The highest BCUT2D eigenvalue weighted by Gasteiger charge is 2.39. The number of nitrogens with one attached hydrogen (secondary N) is 1. The van der Waals surface area contributed by atoms with Crippen molar-refractivity contribution in [3.05, 3.63) is 42.2 Å². The molecule has 0 spiro atoms. The highest BCUT2D eigenvalue weighted by molar-refractivity contribution is 5.77. The Hall–Kier alpha value is -2.34. The van der Waals surface area contributed by atoms with E-state index in [0.29, 0.717) is 24.3 Å².